The van der Waals surface area contributed by atoms with Gasteiger partial charge in [0.25, 0.3) is 5.91 Å². The fourth-order valence-corrected chi connectivity index (χ4v) is 3.97. The lowest BCUT2D eigenvalue weighted by Crippen LogP contribution is -2.49. The zero-order valence-corrected chi connectivity index (χ0v) is 14.9. The highest BCUT2D eigenvalue weighted by atomic mass is 19.4. The van der Waals surface area contributed by atoms with Crippen LogP contribution in [-0.2, 0) is 10.9 Å². The summed E-state index contributed by atoms with van der Waals surface area (Å²) >= 11 is 0. The Labute approximate surface area is 155 Å². The number of piperidine rings is 2. The van der Waals surface area contributed by atoms with E-state index in [1.165, 1.54) is 12.8 Å². The first-order valence-corrected chi connectivity index (χ1v) is 9.24. The van der Waals surface area contributed by atoms with Crippen LogP contribution in [-0.4, -0.2) is 42.6 Å². The lowest BCUT2D eigenvalue weighted by atomic mass is 9.84. The lowest BCUT2D eigenvalue weighted by molar-refractivity contribution is -0.137. The Morgan fingerprint density at radius 3 is 2.48 bits per heavy atom. The van der Waals surface area contributed by atoms with E-state index in [-0.39, 0.29) is 18.1 Å². The highest BCUT2D eigenvalue weighted by Gasteiger charge is 2.34. The number of halogens is 3. The molecule has 2 amide bonds. The zero-order valence-electron chi connectivity index (χ0n) is 14.9. The van der Waals surface area contributed by atoms with Crippen LogP contribution >= 0.6 is 0 Å². The van der Waals surface area contributed by atoms with Gasteiger partial charge in [0.1, 0.15) is 0 Å². The van der Waals surface area contributed by atoms with Crippen molar-refractivity contribution in [3.63, 3.8) is 0 Å². The number of benzene rings is 1. The molecule has 0 spiro atoms. The summed E-state index contributed by atoms with van der Waals surface area (Å²) in [4.78, 5) is 26.4. The van der Waals surface area contributed by atoms with Gasteiger partial charge < -0.3 is 4.74 Å². The van der Waals surface area contributed by atoms with Crippen LogP contribution < -0.4 is 5.32 Å². The number of carbonyl (C=O) groups excluding carboxylic acids is 2. The van der Waals surface area contributed by atoms with E-state index >= 15 is 0 Å². The van der Waals surface area contributed by atoms with Crippen LogP contribution in [0.25, 0.3) is 0 Å². The van der Waals surface area contributed by atoms with E-state index in [2.05, 4.69) is 10.2 Å². The van der Waals surface area contributed by atoms with Gasteiger partial charge in [0.2, 0.25) is 0 Å². The van der Waals surface area contributed by atoms with Gasteiger partial charge in [-0.25, -0.2) is 4.79 Å². The zero-order chi connectivity index (χ0) is 19.4. The minimum atomic E-state index is -4.47. The maximum absolute atomic E-state index is 12.5. The van der Waals surface area contributed by atoms with Crippen molar-refractivity contribution in [2.75, 3.05) is 19.7 Å². The summed E-state index contributed by atoms with van der Waals surface area (Å²) < 4.78 is 42.9. The maximum Gasteiger partial charge on any atom is 0.416 e. The van der Waals surface area contributed by atoms with Crippen molar-refractivity contribution in [3.05, 3.63) is 35.4 Å². The molecular formula is C19H23F3N2O3. The third kappa shape index (κ3) is 5.00. The standard InChI is InChI=1S/C19H23F3N2O3/c20-19(21,22)15-8-6-13(7-9-15)17(25)23-18(26)27-12-14-4-3-11-24-10-2-1-5-16(14)24/h6-9,14,16H,1-5,10-12H2,(H,23,25,26). The Hall–Kier alpha value is -2.09. The van der Waals surface area contributed by atoms with Gasteiger partial charge in [-0.1, -0.05) is 6.42 Å². The Morgan fingerprint density at radius 2 is 1.78 bits per heavy atom. The first-order chi connectivity index (χ1) is 12.8. The average molecular weight is 384 g/mol. The van der Waals surface area contributed by atoms with Crippen molar-refractivity contribution >= 4 is 12.0 Å². The Bertz CT molecular complexity index is 674. The number of ether oxygens (including phenoxy) is 1. The molecule has 0 aromatic heterocycles. The van der Waals surface area contributed by atoms with E-state index in [9.17, 15) is 22.8 Å². The van der Waals surface area contributed by atoms with Crippen molar-refractivity contribution in [2.24, 2.45) is 5.92 Å². The van der Waals surface area contributed by atoms with Crippen LogP contribution in [0.1, 0.15) is 48.0 Å². The third-order valence-electron chi connectivity index (χ3n) is 5.35. The quantitative estimate of drug-likeness (QED) is 0.860. The number of fused-ring (bicyclic) bond motifs is 1. The first kappa shape index (κ1) is 19.7. The Balaban J connectivity index is 1.49. The number of amides is 2. The molecule has 1 aromatic rings. The van der Waals surface area contributed by atoms with E-state index in [0.717, 1.165) is 56.6 Å². The number of hydrogen-bond donors (Lipinski definition) is 1. The number of rotatable bonds is 3. The predicted octanol–water partition coefficient (Wildman–Crippen LogP) is 3.84. The maximum atomic E-state index is 12.5. The summed E-state index contributed by atoms with van der Waals surface area (Å²) in [7, 11) is 0. The molecular weight excluding hydrogens is 361 g/mol. The second-order valence-corrected chi connectivity index (χ2v) is 7.13. The molecule has 148 valence electrons. The monoisotopic (exact) mass is 384 g/mol. The Morgan fingerprint density at radius 1 is 1.07 bits per heavy atom. The number of imide groups is 1. The summed E-state index contributed by atoms with van der Waals surface area (Å²) in [6.45, 7) is 2.41. The predicted molar refractivity (Wildman–Crippen MR) is 92.2 cm³/mol. The molecule has 3 rings (SSSR count). The highest BCUT2D eigenvalue weighted by molar-refractivity contribution is 6.02. The fourth-order valence-electron chi connectivity index (χ4n) is 3.97. The molecule has 1 N–H and O–H groups in total. The molecule has 2 fully saturated rings. The number of carbonyl (C=O) groups is 2. The summed E-state index contributed by atoms with van der Waals surface area (Å²) in [5.74, 6) is -0.525. The SMILES string of the molecule is O=C(NC(=O)c1ccc(C(F)(F)F)cc1)OCC1CCCN2CCCCC12. The van der Waals surface area contributed by atoms with Gasteiger partial charge in [-0.05, 0) is 63.0 Å². The van der Waals surface area contributed by atoms with Crippen molar-refractivity contribution in [3.8, 4) is 0 Å². The van der Waals surface area contributed by atoms with Crippen LogP contribution in [0.5, 0.6) is 0 Å². The minimum absolute atomic E-state index is 0.0314. The number of alkyl halides is 3. The fraction of sp³-hybridized carbons (Fsp3) is 0.579. The third-order valence-corrected chi connectivity index (χ3v) is 5.35. The summed E-state index contributed by atoms with van der Waals surface area (Å²) in [5, 5.41) is 2.07. The van der Waals surface area contributed by atoms with Crippen molar-refractivity contribution < 1.29 is 27.5 Å². The van der Waals surface area contributed by atoms with E-state index < -0.39 is 23.7 Å². The average Bonchev–Trinajstić information content (AvgIpc) is 2.65. The van der Waals surface area contributed by atoms with Crippen LogP contribution in [0.3, 0.4) is 0 Å². The molecule has 2 unspecified atom stereocenters. The van der Waals surface area contributed by atoms with Crippen LogP contribution in [0, 0.1) is 5.92 Å². The molecule has 8 heteroatoms. The van der Waals surface area contributed by atoms with Crippen LogP contribution in [0.15, 0.2) is 24.3 Å². The molecule has 2 aliphatic rings. The summed E-state index contributed by atoms with van der Waals surface area (Å²) in [5.41, 5.74) is -0.882. The lowest BCUT2D eigenvalue weighted by Gasteiger charge is -2.44. The van der Waals surface area contributed by atoms with Crippen molar-refractivity contribution in [1.82, 2.24) is 10.2 Å². The molecule has 2 aliphatic heterocycles. The minimum Gasteiger partial charge on any atom is -0.449 e. The molecule has 2 saturated heterocycles. The van der Waals surface area contributed by atoms with Gasteiger partial charge in [-0.15, -0.1) is 0 Å². The molecule has 2 atom stereocenters. The normalized spacial score (nSPS) is 23.4. The number of hydrogen-bond acceptors (Lipinski definition) is 4. The molecule has 0 saturated carbocycles. The van der Waals surface area contributed by atoms with Crippen molar-refractivity contribution in [2.45, 2.75) is 44.3 Å². The van der Waals surface area contributed by atoms with E-state index in [1.807, 2.05) is 0 Å². The van der Waals surface area contributed by atoms with Gasteiger partial charge in [0.05, 0.1) is 12.2 Å². The molecule has 0 aliphatic carbocycles. The van der Waals surface area contributed by atoms with Gasteiger partial charge in [-0.2, -0.15) is 13.2 Å². The molecule has 2 heterocycles. The second kappa shape index (κ2) is 8.29. The summed E-state index contributed by atoms with van der Waals surface area (Å²) in [6.07, 6.45) is 0.189. The largest absolute Gasteiger partial charge is 0.449 e. The summed E-state index contributed by atoms with van der Waals surface area (Å²) in [6, 6.07) is 4.10. The smallest absolute Gasteiger partial charge is 0.416 e. The van der Waals surface area contributed by atoms with Crippen molar-refractivity contribution in [1.29, 1.82) is 0 Å². The molecule has 27 heavy (non-hydrogen) atoms. The molecule has 5 nitrogen and oxygen atoms in total. The van der Waals surface area contributed by atoms with Gasteiger partial charge in [0, 0.05) is 17.5 Å². The van der Waals surface area contributed by atoms with E-state index in [4.69, 9.17) is 4.74 Å². The molecule has 0 radical (unpaired) electrons. The van der Waals surface area contributed by atoms with Gasteiger partial charge >= 0.3 is 12.3 Å². The first-order valence-electron chi connectivity index (χ1n) is 9.24. The van der Waals surface area contributed by atoms with Gasteiger partial charge in [-0.3, -0.25) is 15.0 Å². The van der Waals surface area contributed by atoms with Gasteiger partial charge in [0.15, 0.2) is 0 Å². The van der Waals surface area contributed by atoms with E-state index in [0.29, 0.717) is 6.04 Å². The van der Waals surface area contributed by atoms with E-state index in [1.54, 1.807) is 0 Å². The highest BCUT2D eigenvalue weighted by Crippen LogP contribution is 2.31. The van der Waals surface area contributed by atoms with Crippen LogP contribution in [0.4, 0.5) is 18.0 Å². The topological polar surface area (TPSA) is 58.6 Å². The number of nitrogens with one attached hydrogen (secondary N) is 1. The number of nitrogens with zero attached hydrogens (tertiary/aromatic N) is 1. The molecule has 1 aromatic carbocycles. The van der Waals surface area contributed by atoms with Crippen LogP contribution in [0.2, 0.25) is 0 Å². The Kier molecular flexibility index (Phi) is 6.04. The second-order valence-electron chi connectivity index (χ2n) is 7.13. The number of alkyl carbamates (subject to hydrolysis) is 1. The molecule has 0 bridgehead atoms.